The summed E-state index contributed by atoms with van der Waals surface area (Å²) in [5.74, 6) is -0.333. The Morgan fingerprint density at radius 2 is 1.58 bits per heavy atom. The molecule has 0 aromatic heterocycles. The highest BCUT2D eigenvalue weighted by molar-refractivity contribution is 5.79. The smallest absolute Gasteiger partial charge is 0.309 e. The Morgan fingerprint density at radius 1 is 1.04 bits per heavy atom. The van der Waals surface area contributed by atoms with E-state index in [2.05, 4.69) is 24.3 Å². The summed E-state index contributed by atoms with van der Waals surface area (Å²) in [5.41, 5.74) is 3.88. The zero-order valence-corrected chi connectivity index (χ0v) is 13.8. The number of fused-ring (bicyclic) bond motifs is 3. The maximum atomic E-state index is 12.1. The zero-order chi connectivity index (χ0) is 17.2. The van der Waals surface area contributed by atoms with E-state index in [0.29, 0.717) is 6.47 Å². The molecule has 0 aliphatic heterocycles. The molecule has 2 aromatic carbocycles. The molecule has 0 radical (unpaired) electrons. The molecule has 1 aliphatic carbocycles. The lowest BCUT2D eigenvalue weighted by Gasteiger charge is -2.22. The topological polar surface area (TPSA) is 52.6 Å². The van der Waals surface area contributed by atoms with Gasteiger partial charge in [0.1, 0.15) is 12.2 Å². The Hall–Kier alpha value is -2.62. The van der Waals surface area contributed by atoms with Crippen molar-refractivity contribution < 1.29 is 19.1 Å². The molecule has 0 amide bonds. The Balaban J connectivity index is 1.74. The predicted molar refractivity (Wildman–Crippen MR) is 90.5 cm³/mol. The Labute approximate surface area is 141 Å². The number of esters is 1. The summed E-state index contributed by atoms with van der Waals surface area (Å²) in [6, 6.07) is 16.4. The van der Waals surface area contributed by atoms with Crippen LogP contribution in [0.2, 0.25) is 0 Å². The summed E-state index contributed by atoms with van der Waals surface area (Å²) in [6.07, 6.45) is 0.0295. The third kappa shape index (κ3) is 3.18. The second-order valence-electron chi connectivity index (χ2n) is 6.56. The molecule has 24 heavy (non-hydrogen) atoms. The molecule has 0 spiro atoms. The SMILES string of the molecule is CC(C)(CC(=O)OCC1c2ccccc2-c2ccccc21)OC=O. The molecule has 2 aromatic rings. The summed E-state index contributed by atoms with van der Waals surface area (Å²) < 4.78 is 10.4. The lowest BCUT2D eigenvalue weighted by Crippen LogP contribution is -2.29. The van der Waals surface area contributed by atoms with E-state index >= 15 is 0 Å². The van der Waals surface area contributed by atoms with Crippen LogP contribution in [-0.2, 0) is 19.1 Å². The van der Waals surface area contributed by atoms with Crippen LogP contribution in [0.1, 0.15) is 37.3 Å². The number of carbonyl (C=O) groups excluding carboxylic acids is 2. The summed E-state index contributed by atoms with van der Waals surface area (Å²) >= 11 is 0. The lowest BCUT2D eigenvalue weighted by atomic mass is 9.98. The first-order valence-electron chi connectivity index (χ1n) is 7.97. The highest BCUT2D eigenvalue weighted by Gasteiger charge is 2.30. The molecule has 0 saturated carbocycles. The van der Waals surface area contributed by atoms with Gasteiger partial charge in [0.15, 0.2) is 0 Å². The quantitative estimate of drug-likeness (QED) is 0.601. The van der Waals surface area contributed by atoms with E-state index in [1.54, 1.807) is 13.8 Å². The van der Waals surface area contributed by atoms with Crippen LogP contribution >= 0.6 is 0 Å². The van der Waals surface area contributed by atoms with Crippen LogP contribution in [0.3, 0.4) is 0 Å². The minimum absolute atomic E-state index is 0.0295. The molecule has 0 atom stereocenters. The summed E-state index contributed by atoms with van der Waals surface area (Å²) in [6.45, 7) is 4.01. The minimum Gasteiger partial charge on any atom is -0.465 e. The van der Waals surface area contributed by atoms with Crippen LogP contribution in [-0.4, -0.2) is 24.6 Å². The third-order valence-corrected chi connectivity index (χ3v) is 4.31. The van der Waals surface area contributed by atoms with Crippen molar-refractivity contribution in [2.45, 2.75) is 31.8 Å². The Kier molecular flexibility index (Phi) is 4.38. The van der Waals surface area contributed by atoms with Gasteiger partial charge in [0.2, 0.25) is 0 Å². The highest BCUT2D eigenvalue weighted by atomic mass is 16.6. The molecular formula is C20H20O4. The largest absolute Gasteiger partial charge is 0.465 e. The van der Waals surface area contributed by atoms with E-state index in [0.717, 1.165) is 0 Å². The van der Waals surface area contributed by atoms with Crippen molar-refractivity contribution in [1.29, 1.82) is 0 Å². The molecule has 1 aliphatic rings. The van der Waals surface area contributed by atoms with Crippen LogP contribution in [0.4, 0.5) is 0 Å². The molecule has 124 valence electrons. The van der Waals surface area contributed by atoms with Crippen LogP contribution in [0.25, 0.3) is 11.1 Å². The van der Waals surface area contributed by atoms with Crippen LogP contribution in [0.5, 0.6) is 0 Å². The van der Waals surface area contributed by atoms with Gasteiger partial charge in [-0.15, -0.1) is 0 Å². The fraction of sp³-hybridized carbons (Fsp3) is 0.300. The summed E-state index contributed by atoms with van der Waals surface area (Å²) in [4.78, 5) is 22.6. The number of rotatable bonds is 6. The molecule has 0 N–H and O–H groups in total. The second-order valence-corrected chi connectivity index (χ2v) is 6.56. The zero-order valence-electron chi connectivity index (χ0n) is 13.8. The fourth-order valence-corrected chi connectivity index (χ4v) is 3.19. The first kappa shape index (κ1) is 16.2. The van der Waals surface area contributed by atoms with Crippen molar-refractivity contribution in [3.63, 3.8) is 0 Å². The van der Waals surface area contributed by atoms with Gasteiger partial charge in [-0.2, -0.15) is 0 Å². The molecule has 0 fully saturated rings. The molecule has 4 nitrogen and oxygen atoms in total. The van der Waals surface area contributed by atoms with Gasteiger partial charge in [0, 0.05) is 5.92 Å². The van der Waals surface area contributed by atoms with Gasteiger partial charge in [0.05, 0.1) is 6.42 Å². The minimum atomic E-state index is -0.857. The summed E-state index contributed by atoms with van der Waals surface area (Å²) in [7, 11) is 0. The second kappa shape index (κ2) is 6.48. The summed E-state index contributed by atoms with van der Waals surface area (Å²) in [5, 5.41) is 0. The van der Waals surface area contributed by atoms with Crippen molar-refractivity contribution >= 4 is 12.4 Å². The Morgan fingerprint density at radius 3 is 2.12 bits per heavy atom. The van der Waals surface area contributed by atoms with Crippen molar-refractivity contribution in [2.75, 3.05) is 6.61 Å². The molecule has 0 unspecified atom stereocenters. The van der Waals surface area contributed by atoms with E-state index in [1.807, 2.05) is 24.3 Å². The number of ether oxygens (including phenoxy) is 2. The maximum Gasteiger partial charge on any atom is 0.309 e. The van der Waals surface area contributed by atoms with Crippen LogP contribution < -0.4 is 0 Å². The van der Waals surface area contributed by atoms with E-state index in [-0.39, 0.29) is 24.9 Å². The molecule has 0 heterocycles. The normalized spacial score (nSPS) is 13.1. The monoisotopic (exact) mass is 324 g/mol. The number of benzene rings is 2. The van der Waals surface area contributed by atoms with E-state index in [9.17, 15) is 9.59 Å². The molecule has 4 heteroatoms. The van der Waals surface area contributed by atoms with E-state index in [1.165, 1.54) is 22.3 Å². The van der Waals surface area contributed by atoms with E-state index < -0.39 is 5.60 Å². The van der Waals surface area contributed by atoms with Gasteiger partial charge in [-0.25, -0.2) is 0 Å². The van der Waals surface area contributed by atoms with Gasteiger partial charge in [-0.05, 0) is 36.1 Å². The van der Waals surface area contributed by atoms with Gasteiger partial charge < -0.3 is 9.47 Å². The first-order chi connectivity index (χ1) is 11.5. The van der Waals surface area contributed by atoms with Crippen molar-refractivity contribution in [1.82, 2.24) is 0 Å². The lowest BCUT2D eigenvalue weighted by molar-refractivity contribution is -0.154. The molecular weight excluding hydrogens is 304 g/mol. The van der Waals surface area contributed by atoms with Gasteiger partial charge in [-0.3, -0.25) is 9.59 Å². The predicted octanol–water partition coefficient (Wildman–Crippen LogP) is 3.68. The number of hydrogen-bond acceptors (Lipinski definition) is 4. The standard InChI is InChI=1S/C20H20O4/c1-20(2,24-13-21)11-19(22)23-12-18-16-9-5-3-7-14(16)15-8-4-6-10-17(15)18/h3-10,13,18H,11-12H2,1-2H3. The number of hydrogen-bond donors (Lipinski definition) is 0. The average Bonchev–Trinajstić information content (AvgIpc) is 2.86. The van der Waals surface area contributed by atoms with Gasteiger partial charge >= 0.3 is 5.97 Å². The molecule has 0 bridgehead atoms. The molecule has 0 saturated heterocycles. The molecule has 3 rings (SSSR count). The van der Waals surface area contributed by atoms with Crippen LogP contribution in [0, 0.1) is 0 Å². The van der Waals surface area contributed by atoms with Crippen molar-refractivity contribution in [2.24, 2.45) is 0 Å². The van der Waals surface area contributed by atoms with Gasteiger partial charge in [-0.1, -0.05) is 48.5 Å². The maximum absolute atomic E-state index is 12.1. The van der Waals surface area contributed by atoms with Crippen molar-refractivity contribution in [3.8, 4) is 11.1 Å². The van der Waals surface area contributed by atoms with E-state index in [4.69, 9.17) is 9.47 Å². The highest BCUT2D eigenvalue weighted by Crippen LogP contribution is 2.44. The third-order valence-electron chi connectivity index (χ3n) is 4.31. The fourth-order valence-electron chi connectivity index (χ4n) is 3.19. The van der Waals surface area contributed by atoms with Gasteiger partial charge in [0.25, 0.3) is 6.47 Å². The first-order valence-corrected chi connectivity index (χ1v) is 7.97. The number of carbonyl (C=O) groups is 2. The van der Waals surface area contributed by atoms with Crippen LogP contribution in [0.15, 0.2) is 48.5 Å². The average molecular weight is 324 g/mol. The van der Waals surface area contributed by atoms with Crippen molar-refractivity contribution in [3.05, 3.63) is 59.7 Å². The Bertz CT molecular complexity index is 718.